The van der Waals surface area contributed by atoms with Crippen molar-refractivity contribution in [2.45, 2.75) is 31.8 Å². The molecule has 0 fully saturated rings. The first-order valence-corrected chi connectivity index (χ1v) is 8.71. The number of para-hydroxylation sites is 1. The molecule has 0 bridgehead atoms. The molecule has 0 unspecified atom stereocenters. The lowest BCUT2D eigenvalue weighted by Gasteiger charge is -2.07. The Morgan fingerprint density at radius 3 is 2.96 bits per heavy atom. The van der Waals surface area contributed by atoms with E-state index in [-0.39, 0.29) is 5.97 Å². The number of carbonyl (C=O) groups is 1. The van der Waals surface area contributed by atoms with Gasteiger partial charge >= 0.3 is 5.97 Å². The van der Waals surface area contributed by atoms with Crippen molar-refractivity contribution in [2.24, 2.45) is 0 Å². The molecular formula is C17H19N3O2S. The molecule has 23 heavy (non-hydrogen) atoms. The summed E-state index contributed by atoms with van der Waals surface area (Å²) in [5.41, 5.74) is 3.16. The lowest BCUT2D eigenvalue weighted by atomic mass is 10.1. The normalized spacial score (nSPS) is 11.2. The number of pyridine rings is 1. The zero-order valence-electron chi connectivity index (χ0n) is 13.3. The fourth-order valence-corrected chi connectivity index (χ4v) is 3.47. The van der Waals surface area contributed by atoms with Gasteiger partial charge in [0.25, 0.3) is 0 Å². The van der Waals surface area contributed by atoms with Crippen LogP contribution in [0.3, 0.4) is 0 Å². The number of aryl methyl sites for hydroxylation is 1. The SMILES string of the molecule is CCOC(=O)CCCSc1nnc2cc(C)c3ccccc3n12. The first-order valence-electron chi connectivity index (χ1n) is 7.72. The quantitative estimate of drug-likeness (QED) is 0.393. The highest BCUT2D eigenvalue weighted by atomic mass is 32.2. The average molecular weight is 329 g/mol. The fraction of sp³-hybridized carbons (Fsp3) is 0.353. The van der Waals surface area contributed by atoms with Crippen molar-refractivity contribution in [3.05, 3.63) is 35.9 Å². The van der Waals surface area contributed by atoms with Crippen molar-refractivity contribution < 1.29 is 9.53 Å². The number of aromatic nitrogens is 3. The first kappa shape index (κ1) is 15.8. The molecule has 6 heteroatoms. The fourth-order valence-electron chi connectivity index (χ4n) is 2.58. The first-order chi connectivity index (χ1) is 11.2. The van der Waals surface area contributed by atoms with Crippen molar-refractivity contribution >= 4 is 34.3 Å². The number of rotatable bonds is 6. The second-order valence-electron chi connectivity index (χ2n) is 5.28. The third kappa shape index (κ3) is 3.32. The molecule has 0 N–H and O–H groups in total. The molecule has 2 aromatic heterocycles. The van der Waals surface area contributed by atoms with Crippen LogP contribution in [0.4, 0.5) is 0 Å². The Labute approximate surface area is 139 Å². The predicted octanol–water partition coefficient (Wildman–Crippen LogP) is 3.63. The summed E-state index contributed by atoms with van der Waals surface area (Å²) in [5, 5.41) is 10.6. The maximum Gasteiger partial charge on any atom is 0.305 e. The Morgan fingerprint density at radius 2 is 2.13 bits per heavy atom. The highest BCUT2D eigenvalue weighted by Crippen LogP contribution is 2.26. The summed E-state index contributed by atoms with van der Waals surface area (Å²) in [5.74, 6) is 0.669. The number of fused-ring (bicyclic) bond motifs is 3. The largest absolute Gasteiger partial charge is 0.466 e. The topological polar surface area (TPSA) is 56.5 Å². The van der Waals surface area contributed by atoms with Crippen molar-refractivity contribution in [3.8, 4) is 0 Å². The molecule has 0 amide bonds. The highest BCUT2D eigenvalue weighted by molar-refractivity contribution is 7.99. The van der Waals surface area contributed by atoms with E-state index in [1.165, 1.54) is 10.9 Å². The Morgan fingerprint density at radius 1 is 1.30 bits per heavy atom. The summed E-state index contributed by atoms with van der Waals surface area (Å²) in [4.78, 5) is 11.4. The van der Waals surface area contributed by atoms with Crippen LogP contribution >= 0.6 is 11.8 Å². The maximum absolute atomic E-state index is 11.4. The minimum Gasteiger partial charge on any atom is -0.466 e. The minimum absolute atomic E-state index is 0.139. The van der Waals surface area contributed by atoms with Gasteiger partial charge < -0.3 is 4.74 Å². The van der Waals surface area contributed by atoms with Crippen LogP contribution in [0.2, 0.25) is 0 Å². The lowest BCUT2D eigenvalue weighted by Crippen LogP contribution is -2.03. The van der Waals surface area contributed by atoms with Gasteiger partial charge in [0.1, 0.15) is 0 Å². The Balaban J connectivity index is 1.80. The third-order valence-electron chi connectivity index (χ3n) is 3.64. The minimum atomic E-state index is -0.139. The van der Waals surface area contributed by atoms with Crippen molar-refractivity contribution in [3.63, 3.8) is 0 Å². The zero-order chi connectivity index (χ0) is 16.2. The van der Waals surface area contributed by atoms with E-state index < -0.39 is 0 Å². The number of hydrogen-bond donors (Lipinski definition) is 0. The van der Waals surface area contributed by atoms with Crippen molar-refractivity contribution in [1.29, 1.82) is 0 Å². The molecule has 120 valence electrons. The van der Waals surface area contributed by atoms with E-state index in [4.69, 9.17) is 4.74 Å². The number of benzene rings is 1. The Bertz CT molecular complexity index is 844. The number of nitrogens with zero attached hydrogens (tertiary/aromatic N) is 3. The van der Waals surface area contributed by atoms with Crippen LogP contribution in [-0.2, 0) is 9.53 Å². The molecule has 2 heterocycles. The number of hydrogen-bond acceptors (Lipinski definition) is 5. The summed E-state index contributed by atoms with van der Waals surface area (Å²) in [6, 6.07) is 10.3. The molecule has 0 aliphatic rings. The zero-order valence-corrected chi connectivity index (χ0v) is 14.1. The Hall–Kier alpha value is -2.08. The van der Waals surface area contributed by atoms with Crippen LogP contribution in [0.25, 0.3) is 16.6 Å². The second-order valence-corrected chi connectivity index (χ2v) is 6.34. The summed E-state index contributed by atoms with van der Waals surface area (Å²) in [7, 11) is 0. The van der Waals surface area contributed by atoms with E-state index in [1.54, 1.807) is 11.8 Å². The molecule has 3 rings (SSSR count). The summed E-state index contributed by atoms with van der Waals surface area (Å²) < 4.78 is 7.02. The van der Waals surface area contributed by atoms with E-state index in [0.29, 0.717) is 13.0 Å². The molecule has 0 aliphatic carbocycles. The van der Waals surface area contributed by atoms with Gasteiger partial charge in [-0.2, -0.15) is 0 Å². The van der Waals surface area contributed by atoms with Gasteiger partial charge in [0, 0.05) is 17.6 Å². The lowest BCUT2D eigenvalue weighted by molar-refractivity contribution is -0.143. The van der Waals surface area contributed by atoms with Gasteiger partial charge in [-0.05, 0) is 38.0 Å². The van der Waals surface area contributed by atoms with Crippen molar-refractivity contribution in [1.82, 2.24) is 14.6 Å². The van der Waals surface area contributed by atoms with Gasteiger partial charge in [0.15, 0.2) is 10.8 Å². The molecule has 0 saturated carbocycles. The molecule has 0 saturated heterocycles. The van der Waals surface area contributed by atoms with Crippen LogP contribution in [-0.4, -0.2) is 32.9 Å². The standard InChI is InChI=1S/C17H19N3O2S/c1-3-22-16(21)9-6-10-23-17-19-18-15-11-12(2)13-7-4-5-8-14(13)20(15)17/h4-5,7-8,11H,3,6,9-10H2,1-2H3. The second kappa shape index (κ2) is 7.00. The van der Waals surface area contributed by atoms with Crippen LogP contribution in [0, 0.1) is 6.92 Å². The molecule has 5 nitrogen and oxygen atoms in total. The van der Waals surface area contributed by atoms with E-state index in [2.05, 4.69) is 39.7 Å². The van der Waals surface area contributed by atoms with Gasteiger partial charge in [-0.25, -0.2) is 0 Å². The van der Waals surface area contributed by atoms with E-state index in [0.717, 1.165) is 28.5 Å². The van der Waals surface area contributed by atoms with Crippen molar-refractivity contribution in [2.75, 3.05) is 12.4 Å². The van der Waals surface area contributed by atoms with Crippen LogP contribution in [0.15, 0.2) is 35.5 Å². The number of carbonyl (C=O) groups excluding carboxylic acids is 1. The Kier molecular flexibility index (Phi) is 4.81. The number of esters is 1. The monoisotopic (exact) mass is 329 g/mol. The van der Waals surface area contributed by atoms with Gasteiger partial charge in [-0.15, -0.1) is 10.2 Å². The van der Waals surface area contributed by atoms with E-state index in [1.807, 2.05) is 19.1 Å². The van der Waals surface area contributed by atoms with Crippen LogP contribution in [0.5, 0.6) is 0 Å². The van der Waals surface area contributed by atoms with Crippen LogP contribution < -0.4 is 0 Å². The molecule has 0 radical (unpaired) electrons. The molecular weight excluding hydrogens is 310 g/mol. The van der Waals surface area contributed by atoms with Gasteiger partial charge in [0.05, 0.1) is 12.1 Å². The third-order valence-corrected chi connectivity index (χ3v) is 4.65. The number of ether oxygens (including phenoxy) is 1. The molecule has 0 spiro atoms. The highest BCUT2D eigenvalue weighted by Gasteiger charge is 2.11. The molecule has 1 aromatic carbocycles. The summed E-state index contributed by atoms with van der Waals surface area (Å²) >= 11 is 1.62. The number of thioether (sulfide) groups is 1. The van der Waals surface area contributed by atoms with Gasteiger partial charge in [-0.1, -0.05) is 30.0 Å². The predicted molar refractivity (Wildman–Crippen MR) is 91.8 cm³/mol. The average Bonchev–Trinajstić information content (AvgIpc) is 2.95. The van der Waals surface area contributed by atoms with E-state index >= 15 is 0 Å². The maximum atomic E-state index is 11.4. The molecule has 3 aromatic rings. The summed E-state index contributed by atoms with van der Waals surface area (Å²) in [6.07, 6.45) is 1.21. The molecule has 0 atom stereocenters. The van der Waals surface area contributed by atoms with E-state index in [9.17, 15) is 4.79 Å². The van der Waals surface area contributed by atoms with Gasteiger partial charge in [0.2, 0.25) is 0 Å². The van der Waals surface area contributed by atoms with Crippen LogP contribution in [0.1, 0.15) is 25.3 Å². The van der Waals surface area contributed by atoms with Gasteiger partial charge in [-0.3, -0.25) is 9.20 Å². The molecule has 0 aliphatic heterocycles. The summed E-state index contributed by atoms with van der Waals surface area (Å²) in [6.45, 7) is 4.34. The smallest absolute Gasteiger partial charge is 0.305 e.